The molecule has 0 saturated carbocycles. The van der Waals surface area contributed by atoms with Gasteiger partial charge < -0.3 is 11.5 Å². The van der Waals surface area contributed by atoms with Crippen LogP contribution in [0, 0.1) is 0 Å². The summed E-state index contributed by atoms with van der Waals surface area (Å²) in [5, 5.41) is 0. The van der Waals surface area contributed by atoms with Crippen LogP contribution in [0.5, 0.6) is 0 Å². The van der Waals surface area contributed by atoms with Gasteiger partial charge in [0.25, 0.3) is 0 Å². The van der Waals surface area contributed by atoms with Gasteiger partial charge in [0.05, 0.1) is 5.69 Å². The molecule has 5 heteroatoms. The second kappa shape index (κ2) is 5.01. The highest BCUT2D eigenvalue weighted by molar-refractivity contribution is 7.99. The van der Waals surface area contributed by atoms with Crippen molar-refractivity contribution in [1.29, 1.82) is 0 Å². The molecule has 4 nitrogen and oxygen atoms in total. The predicted octanol–water partition coefficient (Wildman–Crippen LogP) is 0.780. The second-order valence-electron chi connectivity index (χ2n) is 4.24. The van der Waals surface area contributed by atoms with Gasteiger partial charge in [0.1, 0.15) is 11.6 Å². The Balaban J connectivity index is 2.32. The van der Waals surface area contributed by atoms with Crippen molar-refractivity contribution < 1.29 is 0 Å². The highest BCUT2D eigenvalue weighted by Gasteiger charge is 2.15. The largest absolute Gasteiger partial charge is 0.383 e. The molecule has 2 rings (SSSR count). The van der Waals surface area contributed by atoms with Crippen molar-refractivity contribution in [3.05, 3.63) is 17.1 Å². The third-order valence-electron chi connectivity index (χ3n) is 2.66. The molecule has 0 aromatic carbocycles. The molecule has 2 heterocycles. The minimum Gasteiger partial charge on any atom is -0.383 e. The number of nitrogens with two attached hydrogens (primary N) is 2. The smallest absolute Gasteiger partial charge is 0.132 e. The van der Waals surface area contributed by atoms with Gasteiger partial charge in [0.2, 0.25) is 0 Å². The molecule has 1 unspecified atom stereocenters. The molecule has 0 saturated heterocycles. The summed E-state index contributed by atoms with van der Waals surface area (Å²) >= 11 is 1.95. The van der Waals surface area contributed by atoms with E-state index in [-0.39, 0.29) is 6.04 Å². The Bertz CT molecular complexity index is 378. The van der Waals surface area contributed by atoms with Gasteiger partial charge in [0.15, 0.2) is 0 Å². The van der Waals surface area contributed by atoms with E-state index in [1.807, 2.05) is 18.7 Å². The van der Waals surface area contributed by atoms with Gasteiger partial charge in [0, 0.05) is 18.0 Å². The van der Waals surface area contributed by atoms with Crippen LogP contribution in [-0.2, 0) is 19.3 Å². The van der Waals surface area contributed by atoms with Crippen LogP contribution in [0.3, 0.4) is 0 Å². The number of rotatable bonds is 2. The first-order valence-corrected chi connectivity index (χ1v) is 6.79. The topological polar surface area (TPSA) is 77.8 Å². The SMILES string of the molecule is CC(N)Cc1nc(N)c2c(n1)CCSCC2. The molecular weight excluding hydrogens is 220 g/mol. The Kier molecular flexibility index (Phi) is 3.66. The van der Waals surface area contributed by atoms with E-state index >= 15 is 0 Å². The fraction of sp³-hybridized carbons (Fsp3) is 0.636. The number of hydrogen-bond acceptors (Lipinski definition) is 5. The third kappa shape index (κ3) is 2.65. The van der Waals surface area contributed by atoms with Crippen LogP contribution in [0.1, 0.15) is 24.0 Å². The average molecular weight is 238 g/mol. The van der Waals surface area contributed by atoms with Crippen molar-refractivity contribution in [2.75, 3.05) is 17.2 Å². The molecular formula is C11H18N4S. The Hall–Kier alpha value is -0.810. The Morgan fingerprint density at radius 1 is 1.31 bits per heavy atom. The van der Waals surface area contributed by atoms with E-state index in [0.717, 1.165) is 41.4 Å². The summed E-state index contributed by atoms with van der Waals surface area (Å²) in [5.74, 6) is 3.69. The highest BCUT2D eigenvalue weighted by Crippen LogP contribution is 2.22. The van der Waals surface area contributed by atoms with Crippen molar-refractivity contribution in [2.45, 2.75) is 32.2 Å². The average Bonchev–Trinajstić information content (AvgIpc) is 2.41. The normalized spacial score (nSPS) is 17.6. The zero-order chi connectivity index (χ0) is 11.5. The predicted molar refractivity (Wildman–Crippen MR) is 68.5 cm³/mol. The number of hydrogen-bond donors (Lipinski definition) is 2. The van der Waals surface area contributed by atoms with Crippen LogP contribution in [0.2, 0.25) is 0 Å². The zero-order valence-electron chi connectivity index (χ0n) is 9.57. The summed E-state index contributed by atoms with van der Waals surface area (Å²) in [4.78, 5) is 8.94. The van der Waals surface area contributed by atoms with Gasteiger partial charge in [-0.3, -0.25) is 0 Å². The lowest BCUT2D eigenvalue weighted by atomic mass is 10.1. The molecule has 0 fully saturated rings. The molecule has 88 valence electrons. The van der Waals surface area contributed by atoms with Gasteiger partial charge in [-0.1, -0.05) is 0 Å². The van der Waals surface area contributed by atoms with Gasteiger partial charge in [-0.25, -0.2) is 9.97 Å². The Morgan fingerprint density at radius 2 is 2.06 bits per heavy atom. The monoisotopic (exact) mass is 238 g/mol. The van der Waals surface area contributed by atoms with Crippen molar-refractivity contribution in [3.8, 4) is 0 Å². The first kappa shape index (κ1) is 11.7. The molecule has 1 aromatic heterocycles. The second-order valence-corrected chi connectivity index (χ2v) is 5.47. The molecule has 0 radical (unpaired) electrons. The van der Waals surface area contributed by atoms with Crippen molar-refractivity contribution in [3.63, 3.8) is 0 Å². The summed E-state index contributed by atoms with van der Waals surface area (Å²) in [6, 6.07) is 0.0811. The van der Waals surface area contributed by atoms with Crippen LogP contribution in [0.15, 0.2) is 0 Å². The van der Waals surface area contributed by atoms with Crippen LogP contribution in [-0.4, -0.2) is 27.5 Å². The molecule has 0 spiro atoms. The van der Waals surface area contributed by atoms with Gasteiger partial charge in [-0.2, -0.15) is 11.8 Å². The Morgan fingerprint density at radius 3 is 2.81 bits per heavy atom. The lowest BCUT2D eigenvalue weighted by molar-refractivity contribution is 0.695. The number of anilines is 1. The fourth-order valence-electron chi connectivity index (χ4n) is 1.91. The molecule has 4 N–H and O–H groups in total. The number of thioether (sulfide) groups is 1. The lowest BCUT2D eigenvalue weighted by Crippen LogP contribution is -2.21. The van der Waals surface area contributed by atoms with Crippen LogP contribution in [0.4, 0.5) is 5.82 Å². The summed E-state index contributed by atoms with van der Waals surface area (Å²) < 4.78 is 0. The number of nitrogen functional groups attached to an aromatic ring is 1. The van der Waals surface area contributed by atoms with Crippen LogP contribution >= 0.6 is 11.8 Å². The van der Waals surface area contributed by atoms with E-state index in [9.17, 15) is 0 Å². The summed E-state index contributed by atoms with van der Waals surface area (Å²) in [6.45, 7) is 1.96. The molecule has 0 amide bonds. The molecule has 1 aliphatic heterocycles. The van der Waals surface area contributed by atoms with E-state index in [0.29, 0.717) is 12.2 Å². The quantitative estimate of drug-likeness (QED) is 0.796. The number of nitrogens with zero attached hydrogens (tertiary/aromatic N) is 2. The maximum absolute atomic E-state index is 5.99. The maximum Gasteiger partial charge on any atom is 0.132 e. The minimum absolute atomic E-state index is 0.0811. The number of aromatic nitrogens is 2. The fourth-order valence-corrected chi connectivity index (χ4v) is 2.80. The van der Waals surface area contributed by atoms with Crippen molar-refractivity contribution in [2.24, 2.45) is 5.73 Å². The van der Waals surface area contributed by atoms with Crippen LogP contribution < -0.4 is 11.5 Å². The summed E-state index contributed by atoms with van der Waals surface area (Å²) in [5.41, 5.74) is 14.0. The minimum atomic E-state index is 0.0811. The van der Waals surface area contributed by atoms with E-state index < -0.39 is 0 Å². The first-order chi connectivity index (χ1) is 7.66. The van der Waals surface area contributed by atoms with E-state index in [2.05, 4.69) is 9.97 Å². The number of fused-ring (bicyclic) bond motifs is 1. The van der Waals surface area contributed by atoms with E-state index in [1.165, 1.54) is 0 Å². The molecule has 16 heavy (non-hydrogen) atoms. The molecule has 0 bridgehead atoms. The first-order valence-electron chi connectivity index (χ1n) is 5.64. The van der Waals surface area contributed by atoms with E-state index in [4.69, 9.17) is 11.5 Å². The molecule has 1 aliphatic rings. The summed E-state index contributed by atoms with van der Waals surface area (Å²) in [6.07, 6.45) is 2.69. The molecule has 1 atom stereocenters. The van der Waals surface area contributed by atoms with Gasteiger partial charge >= 0.3 is 0 Å². The molecule has 0 aliphatic carbocycles. The van der Waals surface area contributed by atoms with Crippen LogP contribution in [0.25, 0.3) is 0 Å². The standard InChI is InChI=1S/C11H18N4S/c1-7(12)6-10-14-9-3-5-16-4-2-8(9)11(13)15-10/h7H,2-6,12H2,1H3,(H2,13,14,15). The van der Waals surface area contributed by atoms with E-state index in [1.54, 1.807) is 0 Å². The Labute approximate surface area is 100 Å². The lowest BCUT2D eigenvalue weighted by Gasteiger charge is -2.11. The highest BCUT2D eigenvalue weighted by atomic mass is 32.2. The van der Waals surface area contributed by atoms with Gasteiger partial charge in [-0.05, 0) is 31.3 Å². The number of aryl methyl sites for hydroxylation is 1. The molecule has 1 aromatic rings. The third-order valence-corrected chi connectivity index (χ3v) is 3.64. The van der Waals surface area contributed by atoms with Gasteiger partial charge in [-0.15, -0.1) is 0 Å². The van der Waals surface area contributed by atoms with Crippen molar-refractivity contribution >= 4 is 17.6 Å². The van der Waals surface area contributed by atoms with Crippen molar-refractivity contribution in [1.82, 2.24) is 9.97 Å². The maximum atomic E-state index is 5.99. The zero-order valence-corrected chi connectivity index (χ0v) is 10.4. The summed E-state index contributed by atoms with van der Waals surface area (Å²) in [7, 11) is 0.